The number of rotatable bonds is 5. The highest BCUT2D eigenvalue weighted by molar-refractivity contribution is 5.80. The normalized spacial score (nSPS) is 32.4. The minimum Gasteiger partial charge on any atom is -0.459 e. The molecule has 3 atom stereocenters. The van der Waals surface area contributed by atoms with E-state index in [0.717, 1.165) is 0 Å². The molecule has 0 saturated heterocycles. The molecular weight excluding hydrogens is 490 g/mol. The Morgan fingerprint density at radius 1 is 0.833 bits per heavy atom. The van der Waals surface area contributed by atoms with Crippen molar-refractivity contribution >= 4 is 11.9 Å². The van der Waals surface area contributed by atoms with Crippen molar-refractivity contribution in [3.05, 3.63) is 0 Å². The van der Waals surface area contributed by atoms with Crippen molar-refractivity contribution in [1.29, 1.82) is 0 Å². The van der Waals surface area contributed by atoms with E-state index in [0.29, 0.717) is 25.7 Å². The van der Waals surface area contributed by atoms with Gasteiger partial charge in [-0.15, -0.1) is 0 Å². The number of hydrogen-bond acceptors (Lipinski definition) is 4. The Hall–Kier alpha value is -1.48. The van der Waals surface area contributed by atoms with Crippen LogP contribution in [0.2, 0.25) is 0 Å². The topological polar surface area (TPSA) is 52.6 Å². The lowest BCUT2D eigenvalue weighted by Gasteiger charge is -2.60. The van der Waals surface area contributed by atoms with Crippen LogP contribution >= 0.6 is 0 Å². The molecule has 208 valence electrons. The van der Waals surface area contributed by atoms with Crippen LogP contribution in [0.25, 0.3) is 0 Å². The first-order valence-corrected chi connectivity index (χ1v) is 12.5. The average molecular weight is 529 g/mol. The van der Waals surface area contributed by atoms with Gasteiger partial charge < -0.3 is 9.47 Å². The Bertz CT molecular complexity index is 851. The second-order valence-corrected chi connectivity index (χ2v) is 14.0. The van der Waals surface area contributed by atoms with E-state index in [9.17, 15) is 35.9 Å². The molecule has 36 heavy (non-hydrogen) atoms. The summed E-state index contributed by atoms with van der Waals surface area (Å²) in [5.41, 5.74) is -4.22. The highest BCUT2D eigenvalue weighted by Crippen LogP contribution is 2.64. The molecular formula is C26H38F6O4. The monoisotopic (exact) mass is 528 g/mol. The molecule has 3 unspecified atom stereocenters. The minimum absolute atomic E-state index is 0.115. The molecule has 0 N–H and O–H groups in total. The highest BCUT2D eigenvalue weighted by atomic mass is 19.4. The largest absolute Gasteiger partial charge is 0.459 e. The van der Waals surface area contributed by atoms with Crippen LogP contribution in [0, 0.1) is 33.5 Å². The molecule has 0 aliphatic heterocycles. The first-order valence-electron chi connectivity index (χ1n) is 12.5. The van der Waals surface area contributed by atoms with Gasteiger partial charge in [0.1, 0.15) is 5.60 Å². The first kappa shape index (κ1) is 29.1. The van der Waals surface area contributed by atoms with Crippen LogP contribution in [-0.2, 0) is 19.1 Å². The highest BCUT2D eigenvalue weighted by Gasteiger charge is 2.66. The third-order valence-electron chi connectivity index (χ3n) is 8.56. The molecule has 4 bridgehead atoms. The summed E-state index contributed by atoms with van der Waals surface area (Å²) in [7, 11) is 0. The van der Waals surface area contributed by atoms with Crippen LogP contribution in [0.5, 0.6) is 0 Å². The fraction of sp³-hybridized carbons (Fsp3) is 0.923. The smallest absolute Gasteiger partial charge is 0.434 e. The number of alkyl halides is 6. The average Bonchev–Trinajstić information content (AvgIpc) is 2.60. The van der Waals surface area contributed by atoms with Crippen LogP contribution in [0.3, 0.4) is 0 Å². The van der Waals surface area contributed by atoms with Gasteiger partial charge in [-0.05, 0) is 68.1 Å². The van der Waals surface area contributed by atoms with E-state index in [1.807, 2.05) is 48.5 Å². The zero-order chi connectivity index (χ0) is 27.8. The van der Waals surface area contributed by atoms with Gasteiger partial charge in [0.15, 0.2) is 0 Å². The van der Waals surface area contributed by atoms with Gasteiger partial charge in [0, 0.05) is 6.42 Å². The molecule has 0 amide bonds. The lowest BCUT2D eigenvalue weighted by molar-refractivity contribution is -0.318. The van der Waals surface area contributed by atoms with Crippen LogP contribution in [0.1, 0.15) is 93.4 Å². The van der Waals surface area contributed by atoms with Crippen molar-refractivity contribution in [2.24, 2.45) is 33.5 Å². The molecule has 0 radical (unpaired) electrons. The maximum Gasteiger partial charge on any atom is 0.434 e. The van der Waals surface area contributed by atoms with E-state index in [4.69, 9.17) is 4.74 Å². The molecule has 4 nitrogen and oxygen atoms in total. The molecule has 4 rings (SSSR count). The quantitative estimate of drug-likeness (QED) is 0.276. The molecule has 0 aromatic heterocycles. The predicted octanol–water partition coefficient (Wildman–Crippen LogP) is 7.39. The van der Waals surface area contributed by atoms with Crippen molar-refractivity contribution in [2.75, 3.05) is 0 Å². The molecule has 4 saturated carbocycles. The number of carbonyl (C=O) groups is 2. The van der Waals surface area contributed by atoms with E-state index in [-0.39, 0.29) is 36.5 Å². The van der Waals surface area contributed by atoms with Gasteiger partial charge >= 0.3 is 24.3 Å². The van der Waals surface area contributed by atoms with E-state index < -0.39 is 52.2 Å². The minimum atomic E-state index is -5.78. The molecule has 4 aliphatic rings. The molecule has 0 spiro atoms. The van der Waals surface area contributed by atoms with E-state index in [2.05, 4.69) is 4.74 Å². The summed E-state index contributed by atoms with van der Waals surface area (Å²) in [5.74, 6) is -2.21. The molecule has 4 fully saturated rings. The second-order valence-electron chi connectivity index (χ2n) is 14.0. The first-order chi connectivity index (χ1) is 15.9. The maximum absolute atomic E-state index is 13.8. The summed E-state index contributed by atoms with van der Waals surface area (Å²) in [4.78, 5) is 26.8. The summed E-state index contributed by atoms with van der Waals surface area (Å²) in [5, 5.41) is 0. The van der Waals surface area contributed by atoms with E-state index in [1.165, 1.54) is 0 Å². The summed E-state index contributed by atoms with van der Waals surface area (Å²) in [6.07, 6.45) is -13.5. The number of carbonyl (C=O) groups excluding carboxylic acids is 2. The Morgan fingerprint density at radius 2 is 1.31 bits per heavy atom. The Kier molecular flexibility index (Phi) is 6.88. The number of esters is 2. The van der Waals surface area contributed by atoms with Crippen molar-refractivity contribution in [2.45, 2.75) is 117 Å². The van der Waals surface area contributed by atoms with Gasteiger partial charge in [0.2, 0.25) is 0 Å². The lowest BCUT2D eigenvalue weighted by Crippen LogP contribution is -2.62. The molecule has 0 aromatic rings. The van der Waals surface area contributed by atoms with Crippen molar-refractivity contribution in [3.8, 4) is 0 Å². The zero-order valence-corrected chi connectivity index (χ0v) is 22.1. The molecule has 0 heterocycles. The molecule has 0 aromatic carbocycles. The lowest BCUT2D eigenvalue weighted by atomic mass is 9.47. The van der Waals surface area contributed by atoms with Crippen LogP contribution in [-0.4, -0.2) is 36.0 Å². The fourth-order valence-corrected chi connectivity index (χ4v) is 7.10. The maximum atomic E-state index is 13.8. The third kappa shape index (κ3) is 5.52. The molecule has 4 aliphatic carbocycles. The van der Waals surface area contributed by atoms with E-state index in [1.54, 1.807) is 0 Å². The van der Waals surface area contributed by atoms with Gasteiger partial charge in [0.05, 0.1) is 10.8 Å². The van der Waals surface area contributed by atoms with Gasteiger partial charge in [0.25, 0.3) is 6.10 Å². The van der Waals surface area contributed by atoms with Gasteiger partial charge in [-0.1, -0.05) is 41.5 Å². The van der Waals surface area contributed by atoms with Gasteiger partial charge in [-0.3, -0.25) is 9.59 Å². The fourth-order valence-electron chi connectivity index (χ4n) is 7.10. The number of halogens is 6. The Balaban J connectivity index is 1.90. The second kappa shape index (κ2) is 8.52. The summed E-state index contributed by atoms with van der Waals surface area (Å²) < 4.78 is 89.0. The molecule has 10 heteroatoms. The van der Waals surface area contributed by atoms with E-state index >= 15 is 0 Å². The Morgan fingerprint density at radius 3 is 1.69 bits per heavy atom. The Labute approximate surface area is 208 Å². The SMILES string of the molecule is CC(C)(C)CC(C)(C(=O)OC12CC3CC(C1)CC(C(=O)OC(C(F)(F)F)C(F)(F)F)(C3)C2)C(C)(C)C. The number of hydrogen-bond donors (Lipinski definition) is 0. The number of ether oxygens (including phenoxy) is 2. The van der Waals surface area contributed by atoms with Crippen LogP contribution in [0.4, 0.5) is 26.3 Å². The predicted molar refractivity (Wildman–Crippen MR) is 120 cm³/mol. The van der Waals surface area contributed by atoms with Crippen LogP contribution in [0.15, 0.2) is 0 Å². The zero-order valence-electron chi connectivity index (χ0n) is 22.1. The van der Waals surface area contributed by atoms with Gasteiger partial charge in [-0.25, -0.2) is 0 Å². The summed E-state index contributed by atoms with van der Waals surface area (Å²) in [6, 6.07) is 0. The summed E-state index contributed by atoms with van der Waals surface area (Å²) >= 11 is 0. The van der Waals surface area contributed by atoms with Crippen molar-refractivity contribution in [3.63, 3.8) is 0 Å². The summed E-state index contributed by atoms with van der Waals surface area (Å²) in [6.45, 7) is 13.7. The van der Waals surface area contributed by atoms with Crippen LogP contribution < -0.4 is 0 Å². The standard InChI is InChI=1S/C26H38F6O4/c1-20(2,3)13-22(7,21(4,5)6)18(33)36-24-11-15-8-16(12-24)10-23(9-15,14-24)19(34)35-17(25(27,28)29)26(30,31)32/h15-17H,8-14H2,1-7H3. The van der Waals surface area contributed by atoms with Gasteiger partial charge in [-0.2, -0.15) is 26.3 Å². The van der Waals surface area contributed by atoms with Crippen molar-refractivity contribution < 1.29 is 45.4 Å². The van der Waals surface area contributed by atoms with Crippen molar-refractivity contribution in [1.82, 2.24) is 0 Å². The third-order valence-corrected chi connectivity index (χ3v) is 8.56.